The summed E-state index contributed by atoms with van der Waals surface area (Å²) in [5, 5.41) is 0. The van der Waals surface area contributed by atoms with Crippen LogP contribution in [0.5, 0.6) is 0 Å². The molecule has 0 saturated carbocycles. The Bertz CT molecular complexity index is 143. The van der Waals surface area contributed by atoms with Crippen molar-refractivity contribution in [3.63, 3.8) is 0 Å². The van der Waals surface area contributed by atoms with Gasteiger partial charge in [-0.05, 0) is 0 Å². The molecule has 56 valence electrons. The molecule has 1 atom stereocenters. The molecule has 0 aromatic carbocycles. The van der Waals surface area contributed by atoms with E-state index in [0.717, 1.165) is 0 Å². The van der Waals surface area contributed by atoms with E-state index in [2.05, 4.69) is 16.1 Å². The van der Waals surface area contributed by atoms with Crippen LogP contribution in [0, 0.1) is 0 Å². The first-order chi connectivity index (χ1) is 4.83. The summed E-state index contributed by atoms with van der Waals surface area (Å²) in [5.41, 5.74) is 0. The van der Waals surface area contributed by atoms with E-state index in [4.69, 9.17) is 4.74 Å². The van der Waals surface area contributed by atoms with E-state index in [1.165, 1.54) is 6.26 Å². The lowest BCUT2D eigenvalue weighted by Gasteiger charge is -2.03. The molecule has 0 N–H and O–H groups in total. The maximum absolute atomic E-state index is 10.3. The topological polar surface area (TPSA) is 44.8 Å². The lowest BCUT2D eigenvalue weighted by molar-refractivity contribution is 0.0855. The second-order valence-electron chi connectivity index (χ2n) is 1.80. The van der Waals surface area contributed by atoms with Crippen molar-refractivity contribution in [3.05, 3.63) is 12.8 Å². The number of hydrogen-bond donors (Lipinski definition) is 0. The van der Waals surface area contributed by atoms with E-state index in [9.17, 15) is 4.79 Å². The Morgan fingerprint density at radius 2 is 2.70 bits per heavy atom. The van der Waals surface area contributed by atoms with Crippen molar-refractivity contribution >= 4 is 6.16 Å². The third kappa shape index (κ3) is 1.65. The average molecular weight is 144 g/mol. The molecule has 1 fully saturated rings. The Hall–Kier alpha value is -1.19. The fourth-order valence-electron chi connectivity index (χ4n) is 0.623. The molecule has 0 amide bonds. The molecule has 4 heteroatoms. The summed E-state index contributed by atoms with van der Waals surface area (Å²) in [7, 11) is 0. The summed E-state index contributed by atoms with van der Waals surface area (Å²) in [6, 6.07) is 0. The minimum absolute atomic E-state index is 0.271. The average Bonchev–Trinajstić information content (AvgIpc) is 2.31. The van der Waals surface area contributed by atoms with E-state index in [-0.39, 0.29) is 12.7 Å². The van der Waals surface area contributed by atoms with E-state index < -0.39 is 6.16 Å². The van der Waals surface area contributed by atoms with Crippen molar-refractivity contribution in [3.8, 4) is 0 Å². The largest absolute Gasteiger partial charge is 0.508 e. The smallest absolute Gasteiger partial charge is 0.498 e. The Balaban J connectivity index is 2.18. The number of carbonyl (C=O) groups excluding carboxylic acids is 1. The highest BCUT2D eigenvalue weighted by Gasteiger charge is 2.24. The van der Waals surface area contributed by atoms with Crippen LogP contribution in [0.2, 0.25) is 0 Å². The van der Waals surface area contributed by atoms with E-state index in [1.54, 1.807) is 0 Å². The van der Waals surface area contributed by atoms with Crippen LogP contribution >= 0.6 is 0 Å². The number of carbonyl (C=O) groups is 1. The highest BCUT2D eigenvalue weighted by atomic mass is 16.8. The van der Waals surface area contributed by atoms with Crippen LogP contribution < -0.4 is 0 Å². The van der Waals surface area contributed by atoms with Crippen LogP contribution in [-0.2, 0) is 14.2 Å². The molecule has 0 aromatic heterocycles. The highest BCUT2D eigenvalue weighted by molar-refractivity contribution is 5.61. The maximum Gasteiger partial charge on any atom is 0.508 e. The van der Waals surface area contributed by atoms with Crippen molar-refractivity contribution in [2.24, 2.45) is 0 Å². The van der Waals surface area contributed by atoms with Gasteiger partial charge in [0.15, 0.2) is 6.10 Å². The van der Waals surface area contributed by atoms with Crippen LogP contribution in [0.1, 0.15) is 0 Å². The molecule has 0 radical (unpaired) electrons. The second-order valence-corrected chi connectivity index (χ2v) is 1.80. The number of hydrogen-bond acceptors (Lipinski definition) is 4. The van der Waals surface area contributed by atoms with Crippen LogP contribution in [0.3, 0.4) is 0 Å². The van der Waals surface area contributed by atoms with Crippen molar-refractivity contribution in [2.45, 2.75) is 6.10 Å². The van der Waals surface area contributed by atoms with Crippen LogP contribution in [0.25, 0.3) is 0 Å². The Morgan fingerprint density at radius 3 is 3.20 bits per heavy atom. The number of rotatable bonds is 3. The zero-order chi connectivity index (χ0) is 7.40. The molecule has 0 aromatic rings. The van der Waals surface area contributed by atoms with Crippen LogP contribution in [0.4, 0.5) is 4.79 Å². The Morgan fingerprint density at radius 1 is 1.90 bits per heavy atom. The van der Waals surface area contributed by atoms with Gasteiger partial charge in [-0.1, -0.05) is 6.58 Å². The molecule has 1 aliphatic heterocycles. The van der Waals surface area contributed by atoms with Gasteiger partial charge in [0.25, 0.3) is 0 Å². The monoisotopic (exact) mass is 144 g/mol. The van der Waals surface area contributed by atoms with E-state index in [0.29, 0.717) is 6.61 Å². The van der Waals surface area contributed by atoms with Gasteiger partial charge < -0.3 is 14.2 Å². The SMILES string of the molecule is C=COCC1COC(=O)O1. The summed E-state index contributed by atoms with van der Waals surface area (Å²) in [5.74, 6) is 0. The van der Waals surface area contributed by atoms with Gasteiger partial charge in [0.05, 0.1) is 6.26 Å². The van der Waals surface area contributed by atoms with Gasteiger partial charge >= 0.3 is 6.16 Å². The van der Waals surface area contributed by atoms with Gasteiger partial charge in [-0.25, -0.2) is 4.79 Å². The van der Waals surface area contributed by atoms with Crippen LogP contribution in [-0.4, -0.2) is 25.5 Å². The van der Waals surface area contributed by atoms with Crippen molar-refractivity contribution in [1.82, 2.24) is 0 Å². The van der Waals surface area contributed by atoms with Gasteiger partial charge in [0.2, 0.25) is 0 Å². The molecule has 1 heterocycles. The number of cyclic esters (lactones) is 2. The number of ether oxygens (including phenoxy) is 3. The zero-order valence-electron chi connectivity index (χ0n) is 5.41. The minimum atomic E-state index is -0.627. The maximum atomic E-state index is 10.3. The molecule has 0 aliphatic carbocycles. The molecule has 1 saturated heterocycles. The minimum Gasteiger partial charge on any atom is -0.498 e. The highest BCUT2D eigenvalue weighted by Crippen LogP contribution is 2.05. The molecular formula is C6H8O4. The normalized spacial score (nSPS) is 23.2. The molecule has 4 nitrogen and oxygen atoms in total. The molecule has 10 heavy (non-hydrogen) atoms. The zero-order valence-corrected chi connectivity index (χ0v) is 5.41. The summed E-state index contributed by atoms with van der Waals surface area (Å²) in [4.78, 5) is 10.3. The predicted molar refractivity (Wildman–Crippen MR) is 32.4 cm³/mol. The summed E-state index contributed by atoms with van der Waals surface area (Å²) >= 11 is 0. The second kappa shape index (κ2) is 3.10. The summed E-state index contributed by atoms with van der Waals surface area (Å²) in [6.07, 6.45) is 0.398. The molecule has 0 bridgehead atoms. The fourth-order valence-corrected chi connectivity index (χ4v) is 0.623. The van der Waals surface area contributed by atoms with Gasteiger partial charge in [0.1, 0.15) is 13.2 Å². The lowest BCUT2D eigenvalue weighted by atomic mass is 10.4. The van der Waals surface area contributed by atoms with Gasteiger partial charge in [-0.3, -0.25) is 0 Å². The quantitative estimate of drug-likeness (QED) is 0.431. The molecule has 0 spiro atoms. The predicted octanol–water partition coefficient (Wildman–Crippen LogP) is 0.682. The van der Waals surface area contributed by atoms with Gasteiger partial charge in [-0.2, -0.15) is 0 Å². The van der Waals surface area contributed by atoms with Gasteiger partial charge in [0, 0.05) is 0 Å². The standard InChI is InChI=1S/C6H8O4/c1-2-8-3-5-4-9-6(7)10-5/h2,5H,1,3-4H2. The molecule has 1 aliphatic rings. The Kier molecular flexibility index (Phi) is 2.15. The third-order valence-corrected chi connectivity index (χ3v) is 1.05. The van der Waals surface area contributed by atoms with E-state index in [1.807, 2.05) is 0 Å². The fraction of sp³-hybridized carbons (Fsp3) is 0.500. The molecule has 1 unspecified atom stereocenters. The van der Waals surface area contributed by atoms with Crippen LogP contribution in [0.15, 0.2) is 12.8 Å². The first-order valence-electron chi connectivity index (χ1n) is 2.89. The summed E-state index contributed by atoms with van der Waals surface area (Å²) in [6.45, 7) is 3.92. The lowest BCUT2D eigenvalue weighted by Crippen LogP contribution is -2.15. The van der Waals surface area contributed by atoms with E-state index >= 15 is 0 Å². The first-order valence-corrected chi connectivity index (χ1v) is 2.89. The van der Waals surface area contributed by atoms with Crippen molar-refractivity contribution in [1.29, 1.82) is 0 Å². The third-order valence-electron chi connectivity index (χ3n) is 1.05. The molecular weight excluding hydrogens is 136 g/mol. The first kappa shape index (κ1) is 6.92. The molecule has 1 rings (SSSR count). The van der Waals surface area contributed by atoms with Crippen molar-refractivity contribution < 1.29 is 19.0 Å². The van der Waals surface area contributed by atoms with Gasteiger partial charge in [-0.15, -0.1) is 0 Å². The van der Waals surface area contributed by atoms with Crippen molar-refractivity contribution in [2.75, 3.05) is 13.2 Å². The Labute approximate surface area is 58.4 Å². The summed E-state index contributed by atoms with van der Waals surface area (Å²) < 4.78 is 13.9.